The molecule has 0 aliphatic heterocycles. The maximum atomic E-state index is 12.5. The largest absolute Gasteiger partial charge is 0.329 e. The summed E-state index contributed by atoms with van der Waals surface area (Å²) in [4.78, 5) is 24.9. The molecule has 7 nitrogen and oxygen atoms in total. The van der Waals surface area contributed by atoms with Crippen LogP contribution in [0.1, 0.15) is 11.1 Å². The first-order chi connectivity index (χ1) is 17.6. The molecular formula is C29H23N5O2. The number of nitrogens with one attached hydrogen (secondary N) is 2. The second kappa shape index (κ2) is 10.1. The molecule has 1 aromatic heterocycles. The van der Waals surface area contributed by atoms with Crippen LogP contribution in [-0.2, 0) is 9.59 Å². The predicted octanol–water partition coefficient (Wildman–Crippen LogP) is 5.09. The molecule has 5 rings (SSSR count). The van der Waals surface area contributed by atoms with Crippen LogP contribution in [0.5, 0.6) is 0 Å². The molecule has 0 unspecified atom stereocenters. The minimum Gasteiger partial charge on any atom is -0.317 e. The summed E-state index contributed by atoms with van der Waals surface area (Å²) >= 11 is 0. The van der Waals surface area contributed by atoms with Crippen molar-refractivity contribution < 1.29 is 9.59 Å². The van der Waals surface area contributed by atoms with Gasteiger partial charge >= 0.3 is 11.8 Å². The molecule has 1 heterocycles. The number of aryl methyl sites for hydroxylation is 1. The standard InChI is InChI=1S/C29H23N5O2/c1-20-14-16-22(17-15-20)27-23(19-34(33-27)24-10-3-2-4-11-24)18-30-32-29(36)28(35)31-26-13-7-9-21-8-5-6-12-25(21)26/h2-19H,1H3,(H,31,35)(H,32,36)/b30-18+. The summed E-state index contributed by atoms with van der Waals surface area (Å²) in [5.74, 6) is -1.67. The summed E-state index contributed by atoms with van der Waals surface area (Å²) in [6.45, 7) is 2.02. The fourth-order valence-electron chi connectivity index (χ4n) is 3.86. The monoisotopic (exact) mass is 473 g/mol. The third-order valence-electron chi connectivity index (χ3n) is 5.70. The summed E-state index contributed by atoms with van der Waals surface area (Å²) in [5, 5.41) is 13.2. The molecule has 0 atom stereocenters. The molecule has 0 radical (unpaired) electrons. The van der Waals surface area contributed by atoms with Crippen LogP contribution in [0.2, 0.25) is 0 Å². The lowest BCUT2D eigenvalue weighted by atomic mass is 10.1. The summed E-state index contributed by atoms with van der Waals surface area (Å²) < 4.78 is 1.76. The molecule has 0 aliphatic rings. The Balaban J connectivity index is 1.35. The average molecular weight is 474 g/mol. The Kier molecular flexibility index (Phi) is 6.36. The molecule has 4 aromatic carbocycles. The molecule has 0 saturated heterocycles. The predicted molar refractivity (Wildman–Crippen MR) is 142 cm³/mol. The van der Waals surface area contributed by atoms with Gasteiger partial charge in [0.25, 0.3) is 0 Å². The number of rotatable bonds is 5. The molecule has 0 bridgehead atoms. The number of fused-ring (bicyclic) bond motifs is 1. The summed E-state index contributed by atoms with van der Waals surface area (Å²) in [7, 11) is 0. The van der Waals surface area contributed by atoms with Gasteiger partial charge in [0.15, 0.2) is 0 Å². The maximum absolute atomic E-state index is 12.5. The SMILES string of the molecule is Cc1ccc(-c2nn(-c3ccccc3)cc2/C=N/NC(=O)C(=O)Nc2cccc3ccccc23)cc1. The van der Waals surface area contributed by atoms with Crippen LogP contribution < -0.4 is 10.7 Å². The zero-order chi connectivity index (χ0) is 24.9. The molecule has 0 saturated carbocycles. The molecule has 0 spiro atoms. The van der Waals surface area contributed by atoms with E-state index in [2.05, 4.69) is 15.8 Å². The van der Waals surface area contributed by atoms with Crippen molar-refractivity contribution in [3.63, 3.8) is 0 Å². The zero-order valence-electron chi connectivity index (χ0n) is 19.6. The second-order valence-electron chi connectivity index (χ2n) is 8.26. The van der Waals surface area contributed by atoms with Gasteiger partial charge in [-0.1, -0.05) is 84.4 Å². The van der Waals surface area contributed by atoms with Crippen molar-refractivity contribution in [2.45, 2.75) is 6.92 Å². The van der Waals surface area contributed by atoms with Crippen molar-refractivity contribution in [2.75, 3.05) is 5.32 Å². The average Bonchev–Trinajstić information content (AvgIpc) is 3.34. The number of carbonyl (C=O) groups is 2. The van der Waals surface area contributed by atoms with E-state index in [0.717, 1.165) is 27.6 Å². The van der Waals surface area contributed by atoms with Crippen LogP contribution in [0.25, 0.3) is 27.7 Å². The first kappa shape index (κ1) is 22.7. The molecule has 2 N–H and O–H groups in total. The number of aromatic nitrogens is 2. The smallest absolute Gasteiger partial charge is 0.317 e. The number of hydrazone groups is 1. The lowest BCUT2D eigenvalue weighted by Crippen LogP contribution is -2.32. The van der Waals surface area contributed by atoms with Crippen molar-refractivity contribution in [2.24, 2.45) is 5.10 Å². The van der Waals surface area contributed by atoms with Gasteiger partial charge in [0.05, 0.1) is 11.9 Å². The molecule has 5 aromatic rings. The molecular weight excluding hydrogens is 450 g/mol. The lowest BCUT2D eigenvalue weighted by Gasteiger charge is -2.07. The lowest BCUT2D eigenvalue weighted by molar-refractivity contribution is -0.136. The number of anilines is 1. The van der Waals surface area contributed by atoms with E-state index >= 15 is 0 Å². The van der Waals surface area contributed by atoms with Crippen molar-refractivity contribution in [3.8, 4) is 16.9 Å². The Labute approximate surface area is 208 Å². The topological polar surface area (TPSA) is 88.4 Å². The minimum atomic E-state index is -0.869. The molecule has 0 aliphatic carbocycles. The van der Waals surface area contributed by atoms with Crippen LogP contribution in [0.15, 0.2) is 108 Å². The summed E-state index contributed by atoms with van der Waals surface area (Å²) in [6.07, 6.45) is 3.32. The molecule has 7 heteroatoms. The Morgan fingerprint density at radius 2 is 1.56 bits per heavy atom. The summed E-state index contributed by atoms with van der Waals surface area (Å²) in [6, 6.07) is 30.8. The Hall–Kier alpha value is -5.04. The highest BCUT2D eigenvalue weighted by Crippen LogP contribution is 2.24. The fourth-order valence-corrected chi connectivity index (χ4v) is 3.86. The van der Waals surface area contributed by atoms with Crippen LogP contribution in [-0.4, -0.2) is 27.8 Å². The third kappa shape index (κ3) is 4.90. The molecule has 0 fully saturated rings. The maximum Gasteiger partial charge on any atom is 0.329 e. The van der Waals surface area contributed by atoms with Crippen LogP contribution in [0.3, 0.4) is 0 Å². The Morgan fingerprint density at radius 1 is 0.833 bits per heavy atom. The van der Waals surface area contributed by atoms with Gasteiger partial charge in [-0.05, 0) is 30.5 Å². The normalized spacial score (nSPS) is 11.0. The highest BCUT2D eigenvalue weighted by atomic mass is 16.2. The summed E-state index contributed by atoms with van der Waals surface area (Å²) in [5.41, 5.74) is 7.22. The number of amides is 2. The van der Waals surface area contributed by atoms with Gasteiger partial charge in [0.1, 0.15) is 5.69 Å². The third-order valence-corrected chi connectivity index (χ3v) is 5.70. The van der Waals surface area contributed by atoms with Gasteiger partial charge < -0.3 is 5.32 Å². The van der Waals surface area contributed by atoms with Gasteiger partial charge in [-0.2, -0.15) is 10.2 Å². The van der Waals surface area contributed by atoms with Crippen molar-refractivity contribution >= 4 is 34.5 Å². The van der Waals surface area contributed by atoms with E-state index in [9.17, 15) is 9.59 Å². The molecule has 2 amide bonds. The van der Waals surface area contributed by atoms with E-state index in [1.807, 2.05) is 104 Å². The number of hydrogen-bond donors (Lipinski definition) is 2. The van der Waals surface area contributed by atoms with Crippen molar-refractivity contribution in [1.29, 1.82) is 0 Å². The van der Waals surface area contributed by atoms with E-state index < -0.39 is 11.8 Å². The van der Waals surface area contributed by atoms with E-state index in [1.165, 1.54) is 6.21 Å². The Bertz CT molecular complexity index is 1570. The highest BCUT2D eigenvalue weighted by Gasteiger charge is 2.15. The number of benzene rings is 4. The molecule has 176 valence electrons. The quantitative estimate of drug-likeness (QED) is 0.212. The van der Waals surface area contributed by atoms with Gasteiger partial charge in [-0.25, -0.2) is 10.1 Å². The van der Waals surface area contributed by atoms with Gasteiger partial charge in [-0.3, -0.25) is 9.59 Å². The van der Waals surface area contributed by atoms with Crippen LogP contribution in [0, 0.1) is 6.92 Å². The second-order valence-corrected chi connectivity index (χ2v) is 8.26. The zero-order valence-corrected chi connectivity index (χ0v) is 19.6. The highest BCUT2D eigenvalue weighted by molar-refractivity contribution is 6.40. The van der Waals surface area contributed by atoms with E-state index in [-0.39, 0.29) is 0 Å². The number of hydrogen-bond acceptors (Lipinski definition) is 4. The van der Waals surface area contributed by atoms with E-state index in [1.54, 1.807) is 10.7 Å². The minimum absolute atomic E-state index is 0.558. The van der Waals surface area contributed by atoms with Gasteiger partial charge in [0.2, 0.25) is 0 Å². The van der Waals surface area contributed by atoms with Gasteiger partial charge in [-0.15, -0.1) is 0 Å². The van der Waals surface area contributed by atoms with Crippen molar-refractivity contribution in [1.82, 2.24) is 15.2 Å². The number of carbonyl (C=O) groups excluding carboxylic acids is 2. The van der Waals surface area contributed by atoms with E-state index in [0.29, 0.717) is 16.9 Å². The first-order valence-corrected chi connectivity index (χ1v) is 11.4. The van der Waals surface area contributed by atoms with Crippen molar-refractivity contribution in [3.05, 3.63) is 114 Å². The first-order valence-electron chi connectivity index (χ1n) is 11.4. The van der Waals surface area contributed by atoms with Crippen LogP contribution >= 0.6 is 0 Å². The fraction of sp³-hybridized carbons (Fsp3) is 0.0345. The van der Waals surface area contributed by atoms with Gasteiger partial charge in [0, 0.05) is 28.4 Å². The van der Waals surface area contributed by atoms with Crippen LogP contribution in [0.4, 0.5) is 5.69 Å². The number of para-hydroxylation sites is 1. The van der Waals surface area contributed by atoms with E-state index in [4.69, 9.17) is 5.10 Å². The Morgan fingerprint density at radius 3 is 2.36 bits per heavy atom. The number of nitrogens with zero attached hydrogens (tertiary/aromatic N) is 3. The molecule has 36 heavy (non-hydrogen) atoms.